The number of hydrogen-bond acceptors (Lipinski definition) is 1. The van der Waals surface area contributed by atoms with Crippen LogP contribution in [0.1, 0.15) is 0 Å². The highest BCUT2D eigenvalue weighted by Crippen LogP contribution is 2.39. The van der Waals surface area contributed by atoms with E-state index < -0.39 is 16.1 Å². The average molecular weight is 960 g/mol. The van der Waals surface area contributed by atoms with Gasteiger partial charge in [0, 0.05) is 17.1 Å². The van der Waals surface area contributed by atoms with E-state index in [1.807, 2.05) is 0 Å². The van der Waals surface area contributed by atoms with Crippen molar-refractivity contribution in [2.75, 3.05) is 4.90 Å². The third-order valence-electron chi connectivity index (χ3n) is 15.8. The zero-order valence-electron chi connectivity index (χ0n) is 40.2. The highest BCUT2D eigenvalue weighted by molar-refractivity contribution is 7.23. The summed E-state index contributed by atoms with van der Waals surface area (Å²) in [5, 5.41) is 13.9. The lowest BCUT2D eigenvalue weighted by Gasteiger charge is -2.33. The topological polar surface area (TPSA) is 3.24 Å². The molecule has 0 saturated carbocycles. The minimum atomic E-state index is -2.75. The van der Waals surface area contributed by atoms with Gasteiger partial charge in [-0.15, -0.1) is 0 Å². The Labute approximate surface area is 429 Å². The molecule has 0 radical (unpaired) electrons. The molecule has 0 fully saturated rings. The lowest BCUT2D eigenvalue weighted by atomic mass is 9.99. The Morgan fingerprint density at radius 3 is 1.11 bits per heavy atom. The summed E-state index contributed by atoms with van der Waals surface area (Å²) < 4.78 is 0. The van der Waals surface area contributed by atoms with Gasteiger partial charge in [0.15, 0.2) is 16.1 Å². The maximum atomic E-state index is 2.52. The third-order valence-corrected chi connectivity index (χ3v) is 25.6. The van der Waals surface area contributed by atoms with Gasteiger partial charge in [0.2, 0.25) is 0 Å². The Kier molecular flexibility index (Phi) is 10.3. The maximum absolute atomic E-state index is 2.75. The fourth-order valence-electron chi connectivity index (χ4n) is 12.6. The molecule has 1 nitrogen and oxygen atoms in total. The van der Waals surface area contributed by atoms with Crippen molar-refractivity contribution in [1.82, 2.24) is 0 Å². The van der Waals surface area contributed by atoms with Crippen molar-refractivity contribution in [2.45, 2.75) is 0 Å². The molecule has 0 unspecified atom stereocenters. The summed E-state index contributed by atoms with van der Waals surface area (Å²) in [6, 6.07) is 112. The van der Waals surface area contributed by atoms with Crippen LogP contribution in [0.2, 0.25) is 0 Å². The normalized spacial score (nSPS) is 13.4. The van der Waals surface area contributed by atoms with Gasteiger partial charge in [0.05, 0.1) is 0 Å². The predicted octanol–water partition coefficient (Wildman–Crippen LogP) is 12.4. The molecule has 0 bridgehead atoms. The van der Waals surface area contributed by atoms with E-state index in [4.69, 9.17) is 0 Å². The van der Waals surface area contributed by atoms with E-state index in [1.165, 1.54) is 96.8 Å². The van der Waals surface area contributed by atoms with E-state index in [9.17, 15) is 0 Å². The molecule has 0 aromatic heterocycles. The zero-order valence-corrected chi connectivity index (χ0v) is 42.2. The molecule has 0 saturated heterocycles. The quantitative estimate of drug-likeness (QED) is 0.130. The van der Waals surface area contributed by atoms with Gasteiger partial charge >= 0.3 is 0 Å². The van der Waals surface area contributed by atoms with Gasteiger partial charge in [-0.05, 0) is 139 Å². The van der Waals surface area contributed by atoms with E-state index in [1.54, 1.807) is 0 Å². The Hall–Kier alpha value is -8.87. The number of fused-ring (bicyclic) bond motifs is 7. The summed E-state index contributed by atoms with van der Waals surface area (Å²) >= 11 is 0. The Morgan fingerprint density at radius 2 is 0.589 bits per heavy atom. The highest BCUT2D eigenvalue weighted by Gasteiger charge is 2.50. The second-order valence-electron chi connectivity index (χ2n) is 19.5. The molecule has 0 spiro atoms. The molecule has 0 amide bonds. The zero-order chi connectivity index (χ0) is 48.3. The number of nitrogens with zero attached hydrogens (tertiary/aromatic N) is 1. The number of rotatable bonds is 9. The van der Waals surface area contributed by atoms with Crippen molar-refractivity contribution in [2.24, 2.45) is 0 Å². The molecular weight excluding hydrogens is 911 g/mol. The van der Waals surface area contributed by atoms with Gasteiger partial charge in [-0.25, -0.2) is 0 Å². The van der Waals surface area contributed by atoms with Gasteiger partial charge in [0.1, 0.15) is 0 Å². The fraction of sp³-hybridized carbons (Fsp3) is 0. The van der Waals surface area contributed by atoms with E-state index in [2.05, 4.69) is 302 Å². The van der Waals surface area contributed by atoms with Gasteiger partial charge < -0.3 is 4.90 Å². The summed E-state index contributed by atoms with van der Waals surface area (Å²) in [6.07, 6.45) is 0. The second kappa shape index (κ2) is 17.5. The van der Waals surface area contributed by atoms with Gasteiger partial charge in [-0.3, -0.25) is 0 Å². The number of benzene rings is 12. The first-order valence-corrected chi connectivity index (χ1v) is 29.4. The number of hydrogen-bond donors (Lipinski definition) is 0. The molecule has 14 rings (SSSR count). The highest BCUT2D eigenvalue weighted by atomic mass is 28.3. The molecule has 73 heavy (non-hydrogen) atoms. The van der Waals surface area contributed by atoms with Crippen molar-refractivity contribution in [3.05, 3.63) is 297 Å². The molecule has 12 aromatic rings. The SMILES string of the molecule is c1ccc([Si]2(c3cccc(N(c4ccc(-c5ccc6c(c5)[Si](c5ccccc5)(c5ccccc5)c5ccccc5-6)cc4)c4ccc(-c5ccc6ccccc6c5)cc4)c3)c3ccccc3-c3ccccc32)cc1. The first kappa shape index (κ1) is 43.0. The minimum Gasteiger partial charge on any atom is -0.311 e. The molecule has 2 aliphatic heterocycles. The van der Waals surface area contributed by atoms with Crippen molar-refractivity contribution in [1.29, 1.82) is 0 Å². The molecule has 0 N–H and O–H groups in total. The second-order valence-corrected chi connectivity index (χ2v) is 27.0. The van der Waals surface area contributed by atoms with Gasteiger partial charge in [-0.2, -0.15) is 0 Å². The monoisotopic (exact) mass is 959 g/mol. The average Bonchev–Trinajstić information content (AvgIpc) is 4.01. The van der Waals surface area contributed by atoms with Crippen LogP contribution in [0, 0.1) is 0 Å². The van der Waals surface area contributed by atoms with Crippen LogP contribution in [-0.2, 0) is 0 Å². The maximum Gasteiger partial charge on any atom is 0.180 e. The molecule has 342 valence electrons. The minimum absolute atomic E-state index is 1.10. The lowest BCUT2D eigenvalue weighted by Crippen LogP contribution is -2.72. The van der Waals surface area contributed by atoms with E-state index in [0.29, 0.717) is 0 Å². The smallest absolute Gasteiger partial charge is 0.180 e. The van der Waals surface area contributed by atoms with Crippen LogP contribution in [0.4, 0.5) is 17.1 Å². The van der Waals surface area contributed by atoms with Crippen LogP contribution in [0.25, 0.3) is 55.3 Å². The molecule has 2 heterocycles. The summed E-state index contributed by atoms with van der Waals surface area (Å²) in [4.78, 5) is 2.46. The van der Waals surface area contributed by atoms with E-state index in [-0.39, 0.29) is 0 Å². The van der Waals surface area contributed by atoms with Crippen molar-refractivity contribution >= 4 is 85.5 Å². The Balaban J connectivity index is 0.921. The molecule has 3 heteroatoms. The van der Waals surface area contributed by atoms with Crippen LogP contribution < -0.4 is 46.4 Å². The van der Waals surface area contributed by atoms with E-state index in [0.717, 1.165) is 17.1 Å². The fourth-order valence-corrected chi connectivity index (χ4v) is 23.1. The van der Waals surface area contributed by atoms with Crippen LogP contribution in [0.5, 0.6) is 0 Å². The van der Waals surface area contributed by atoms with Crippen molar-refractivity contribution in [3.8, 4) is 44.5 Å². The van der Waals surface area contributed by atoms with Crippen LogP contribution in [-0.4, -0.2) is 16.1 Å². The summed E-state index contributed by atoms with van der Waals surface area (Å²) in [7, 11) is -5.40. The first-order chi connectivity index (χ1) is 36.2. The number of anilines is 3. The third kappa shape index (κ3) is 6.74. The first-order valence-electron chi connectivity index (χ1n) is 25.4. The molecule has 0 aliphatic carbocycles. The summed E-state index contributed by atoms with van der Waals surface area (Å²) in [6.45, 7) is 0. The van der Waals surface area contributed by atoms with Gasteiger partial charge in [-0.1, -0.05) is 255 Å². The molecule has 0 atom stereocenters. The van der Waals surface area contributed by atoms with Gasteiger partial charge in [0.25, 0.3) is 0 Å². The summed E-state index contributed by atoms with van der Waals surface area (Å²) in [5.41, 5.74) is 13.6. The van der Waals surface area contributed by atoms with Crippen LogP contribution in [0.15, 0.2) is 297 Å². The van der Waals surface area contributed by atoms with Crippen molar-refractivity contribution in [3.63, 3.8) is 0 Å². The lowest BCUT2D eigenvalue weighted by molar-refractivity contribution is 1.29. The Morgan fingerprint density at radius 1 is 0.205 bits per heavy atom. The summed E-state index contributed by atoms with van der Waals surface area (Å²) in [5.74, 6) is 0. The van der Waals surface area contributed by atoms with Crippen LogP contribution in [0.3, 0.4) is 0 Å². The predicted molar refractivity (Wildman–Crippen MR) is 315 cm³/mol. The molecule has 2 aliphatic rings. The largest absolute Gasteiger partial charge is 0.311 e. The standard InChI is InChI=1S/C70H49NSi2/c1-4-22-59(23-5-1)72(60-24-6-2-7-25-60)67-32-15-14-31-65(67)66-46-41-55(48-70(66)72)52-39-44-57(45-40-52)71(56-42-37-51(38-43-56)54-36-35-50-19-10-11-20-53(50)47-54)58-21-18-28-62(49-58)73(61-26-8-3-9-27-61)68-33-16-12-29-63(68)64-30-13-17-34-69(64)73/h1-49H. The van der Waals surface area contributed by atoms with Crippen molar-refractivity contribution < 1.29 is 0 Å². The molecule has 12 aromatic carbocycles. The Bertz CT molecular complexity index is 3930. The van der Waals surface area contributed by atoms with E-state index >= 15 is 0 Å². The molecular formula is C70H49NSi2. The van der Waals surface area contributed by atoms with Crippen LogP contribution >= 0.6 is 0 Å².